The van der Waals surface area contributed by atoms with Crippen molar-refractivity contribution in [2.24, 2.45) is 5.73 Å². The number of nitrogens with two attached hydrogens (primary N) is 1. The summed E-state index contributed by atoms with van der Waals surface area (Å²) in [6.07, 6.45) is 0.428. The summed E-state index contributed by atoms with van der Waals surface area (Å²) in [5, 5.41) is 2.84. The largest absolute Gasteiger partial charge is 0.484 e. The van der Waals surface area contributed by atoms with Crippen LogP contribution in [0.2, 0.25) is 0 Å². The zero-order valence-electron chi connectivity index (χ0n) is 14.4. The predicted octanol–water partition coefficient (Wildman–Crippen LogP) is 3.29. The van der Waals surface area contributed by atoms with Crippen molar-refractivity contribution in [3.63, 3.8) is 0 Å². The standard InChI is InChI=1S/C19H22N2O3S/c1-13-3-8-17(11-14(13)2)25-10-9-19(23)21-15-4-6-16(7-5-15)24-12-18(20)22/h3-8,11H,9-10,12H2,1-2H3,(H2,20,22)(H,21,23). The number of ether oxygens (including phenoxy) is 1. The number of hydrogen-bond donors (Lipinski definition) is 2. The number of carbonyl (C=O) groups excluding carboxylic acids is 2. The monoisotopic (exact) mass is 358 g/mol. The molecule has 3 N–H and O–H groups in total. The molecule has 0 saturated carbocycles. The normalized spacial score (nSPS) is 10.3. The second-order valence-electron chi connectivity index (χ2n) is 5.67. The molecule has 6 heteroatoms. The number of aryl methyl sites for hydroxylation is 2. The summed E-state index contributed by atoms with van der Waals surface area (Å²) in [6, 6.07) is 13.1. The predicted molar refractivity (Wildman–Crippen MR) is 101 cm³/mol. The Morgan fingerprint density at radius 3 is 2.44 bits per heavy atom. The fourth-order valence-electron chi connectivity index (χ4n) is 2.08. The number of nitrogens with one attached hydrogen (secondary N) is 1. The van der Waals surface area contributed by atoms with Gasteiger partial charge in [0.1, 0.15) is 5.75 Å². The third-order valence-electron chi connectivity index (χ3n) is 3.60. The third kappa shape index (κ3) is 6.51. The first-order chi connectivity index (χ1) is 11.9. The van der Waals surface area contributed by atoms with E-state index in [2.05, 4.69) is 37.4 Å². The zero-order valence-corrected chi connectivity index (χ0v) is 15.2. The van der Waals surface area contributed by atoms with Crippen LogP contribution in [0.15, 0.2) is 47.4 Å². The maximum atomic E-state index is 12.0. The average molecular weight is 358 g/mol. The summed E-state index contributed by atoms with van der Waals surface area (Å²) >= 11 is 1.67. The molecule has 0 saturated heterocycles. The van der Waals surface area contributed by atoms with Crippen LogP contribution in [0.3, 0.4) is 0 Å². The molecule has 0 radical (unpaired) electrons. The molecule has 0 aliphatic heterocycles. The molecule has 0 atom stereocenters. The summed E-state index contributed by atoms with van der Waals surface area (Å²) in [7, 11) is 0. The Kier molecular flexibility index (Phi) is 6.89. The van der Waals surface area contributed by atoms with Crippen LogP contribution in [0.5, 0.6) is 5.75 Å². The van der Waals surface area contributed by atoms with Gasteiger partial charge in [-0.1, -0.05) is 6.07 Å². The average Bonchev–Trinajstić information content (AvgIpc) is 2.57. The van der Waals surface area contributed by atoms with Crippen molar-refractivity contribution in [1.29, 1.82) is 0 Å². The van der Waals surface area contributed by atoms with Crippen molar-refractivity contribution in [1.82, 2.24) is 0 Å². The van der Waals surface area contributed by atoms with Gasteiger partial charge in [0.15, 0.2) is 6.61 Å². The molecule has 25 heavy (non-hydrogen) atoms. The van der Waals surface area contributed by atoms with Crippen LogP contribution in [0.1, 0.15) is 17.5 Å². The van der Waals surface area contributed by atoms with Gasteiger partial charge in [0.2, 0.25) is 5.91 Å². The molecule has 2 rings (SSSR count). The Balaban J connectivity index is 1.76. The number of benzene rings is 2. The van der Waals surface area contributed by atoms with Crippen molar-refractivity contribution in [2.45, 2.75) is 25.2 Å². The molecular weight excluding hydrogens is 336 g/mol. The Morgan fingerprint density at radius 1 is 1.08 bits per heavy atom. The van der Waals surface area contributed by atoms with Crippen LogP contribution >= 0.6 is 11.8 Å². The smallest absolute Gasteiger partial charge is 0.255 e. The molecule has 0 heterocycles. The van der Waals surface area contributed by atoms with E-state index in [1.807, 2.05) is 0 Å². The van der Waals surface area contributed by atoms with Crippen molar-refractivity contribution in [2.75, 3.05) is 17.7 Å². The number of thioether (sulfide) groups is 1. The fraction of sp³-hybridized carbons (Fsp3) is 0.263. The number of hydrogen-bond acceptors (Lipinski definition) is 4. The molecule has 0 aliphatic carbocycles. The number of rotatable bonds is 8. The molecule has 0 spiro atoms. The van der Waals surface area contributed by atoms with Gasteiger partial charge >= 0.3 is 0 Å². The Labute approximate surface area is 151 Å². The van der Waals surface area contributed by atoms with Crippen molar-refractivity contribution < 1.29 is 14.3 Å². The lowest BCUT2D eigenvalue weighted by Crippen LogP contribution is -2.20. The first-order valence-electron chi connectivity index (χ1n) is 7.95. The number of carbonyl (C=O) groups is 2. The Hall–Kier alpha value is -2.47. The lowest BCUT2D eigenvalue weighted by molar-refractivity contribution is -0.120. The van der Waals surface area contributed by atoms with E-state index < -0.39 is 5.91 Å². The minimum atomic E-state index is -0.529. The second kappa shape index (κ2) is 9.13. The SMILES string of the molecule is Cc1ccc(SCCC(=O)Nc2ccc(OCC(N)=O)cc2)cc1C. The molecule has 2 aromatic rings. The van der Waals surface area contributed by atoms with Gasteiger partial charge in [-0.2, -0.15) is 0 Å². The van der Waals surface area contributed by atoms with Gasteiger partial charge in [0.05, 0.1) is 0 Å². The number of amides is 2. The van der Waals surface area contributed by atoms with Crippen LogP contribution in [0.25, 0.3) is 0 Å². The molecule has 5 nitrogen and oxygen atoms in total. The molecule has 0 fully saturated rings. The van der Waals surface area contributed by atoms with Crippen LogP contribution in [-0.2, 0) is 9.59 Å². The maximum absolute atomic E-state index is 12.0. The van der Waals surface area contributed by atoms with Crippen molar-refractivity contribution in [3.8, 4) is 5.75 Å². The molecule has 0 aliphatic rings. The lowest BCUT2D eigenvalue weighted by Gasteiger charge is -2.08. The molecule has 0 unspecified atom stereocenters. The summed E-state index contributed by atoms with van der Waals surface area (Å²) in [4.78, 5) is 23.8. The van der Waals surface area contributed by atoms with E-state index in [1.165, 1.54) is 16.0 Å². The number of anilines is 1. The molecule has 0 bridgehead atoms. The van der Waals surface area contributed by atoms with Crippen LogP contribution in [-0.4, -0.2) is 24.2 Å². The van der Waals surface area contributed by atoms with Crippen molar-refractivity contribution >= 4 is 29.3 Å². The topological polar surface area (TPSA) is 81.4 Å². The summed E-state index contributed by atoms with van der Waals surface area (Å²) in [5.41, 5.74) is 8.23. The van der Waals surface area contributed by atoms with Crippen LogP contribution < -0.4 is 15.8 Å². The van der Waals surface area contributed by atoms with Gasteiger partial charge in [-0.05, 0) is 61.4 Å². The van der Waals surface area contributed by atoms with Crippen molar-refractivity contribution in [3.05, 3.63) is 53.6 Å². The first kappa shape index (κ1) is 18.9. The lowest BCUT2D eigenvalue weighted by atomic mass is 10.1. The van der Waals surface area contributed by atoms with Crippen LogP contribution in [0, 0.1) is 13.8 Å². The quantitative estimate of drug-likeness (QED) is 0.710. The van der Waals surface area contributed by atoms with E-state index in [-0.39, 0.29) is 12.5 Å². The van der Waals surface area contributed by atoms with Gasteiger partial charge in [-0.3, -0.25) is 9.59 Å². The highest BCUT2D eigenvalue weighted by atomic mass is 32.2. The molecule has 2 aromatic carbocycles. The third-order valence-corrected chi connectivity index (χ3v) is 4.59. The molecular formula is C19H22N2O3S. The van der Waals surface area contributed by atoms with E-state index >= 15 is 0 Å². The zero-order chi connectivity index (χ0) is 18.2. The molecule has 132 valence electrons. The fourth-order valence-corrected chi connectivity index (χ4v) is 3.03. The van der Waals surface area contributed by atoms with E-state index in [0.717, 1.165) is 0 Å². The maximum Gasteiger partial charge on any atom is 0.255 e. The number of primary amides is 1. The van der Waals surface area contributed by atoms with Gasteiger partial charge in [-0.15, -0.1) is 11.8 Å². The second-order valence-corrected chi connectivity index (χ2v) is 6.84. The van der Waals surface area contributed by atoms with E-state index in [9.17, 15) is 9.59 Å². The molecule has 2 amide bonds. The highest BCUT2D eigenvalue weighted by Gasteiger charge is 2.05. The summed E-state index contributed by atoms with van der Waals surface area (Å²) < 4.78 is 5.17. The van der Waals surface area contributed by atoms with E-state index in [1.54, 1.807) is 36.0 Å². The van der Waals surface area contributed by atoms with Gasteiger partial charge in [0, 0.05) is 22.8 Å². The van der Waals surface area contributed by atoms with E-state index in [4.69, 9.17) is 10.5 Å². The van der Waals surface area contributed by atoms with Gasteiger partial charge in [0.25, 0.3) is 5.91 Å². The summed E-state index contributed by atoms with van der Waals surface area (Å²) in [5.74, 6) is 0.677. The highest BCUT2D eigenvalue weighted by molar-refractivity contribution is 7.99. The summed E-state index contributed by atoms with van der Waals surface area (Å²) in [6.45, 7) is 4.01. The minimum Gasteiger partial charge on any atom is -0.484 e. The Bertz CT molecular complexity index is 745. The van der Waals surface area contributed by atoms with Gasteiger partial charge < -0.3 is 15.8 Å². The van der Waals surface area contributed by atoms with Crippen LogP contribution in [0.4, 0.5) is 5.69 Å². The van der Waals surface area contributed by atoms with E-state index in [0.29, 0.717) is 23.6 Å². The van der Waals surface area contributed by atoms with Gasteiger partial charge in [-0.25, -0.2) is 0 Å². The first-order valence-corrected chi connectivity index (χ1v) is 8.93. The Morgan fingerprint density at radius 2 is 1.80 bits per heavy atom. The minimum absolute atomic E-state index is 0.0397. The highest BCUT2D eigenvalue weighted by Crippen LogP contribution is 2.22. The molecule has 0 aromatic heterocycles.